The fraction of sp³-hybridized carbons (Fsp3) is 0.429. The van der Waals surface area contributed by atoms with Gasteiger partial charge in [0.2, 0.25) is 0 Å². The van der Waals surface area contributed by atoms with Crippen molar-refractivity contribution in [2.45, 2.75) is 32.7 Å². The molecule has 0 amide bonds. The van der Waals surface area contributed by atoms with Crippen LogP contribution in [0.5, 0.6) is 0 Å². The van der Waals surface area contributed by atoms with Crippen molar-refractivity contribution < 1.29 is 4.39 Å². The number of rotatable bonds is 4. The lowest BCUT2D eigenvalue weighted by molar-refractivity contribution is 0.427. The van der Waals surface area contributed by atoms with Crippen LogP contribution in [0.15, 0.2) is 24.5 Å². The molecule has 2 aromatic rings. The first-order valence-corrected chi connectivity index (χ1v) is 6.35. The lowest BCUT2D eigenvalue weighted by Crippen LogP contribution is -2.37. The highest BCUT2D eigenvalue weighted by Crippen LogP contribution is 2.14. The van der Waals surface area contributed by atoms with Crippen molar-refractivity contribution in [3.05, 3.63) is 36.2 Å². The fourth-order valence-corrected chi connectivity index (χ4v) is 1.71. The van der Waals surface area contributed by atoms with Crippen molar-refractivity contribution in [1.29, 1.82) is 0 Å². The second-order valence-corrected chi connectivity index (χ2v) is 5.53. The summed E-state index contributed by atoms with van der Waals surface area (Å²) in [5, 5.41) is 3.40. The van der Waals surface area contributed by atoms with E-state index in [1.165, 1.54) is 12.3 Å². The number of nitrogens with zero attached hydrogens (tertiary/aromatic N) is 2. The molecule has 5 heteroatoms. The maximum atomic E-state index is 12.8. The van der Waals surface area contributed by atoms with Crippen LogP contribution < -0.4 is 5.32 Å². The monoisotopic (exact) mass is 262 g/mol. The molecule has 2 rings (SSSR count). The summed E-state index contributed by atoms with van der Waals surface area (Å²) in [6.45, 7) is 7.24. The zero-order chi connectivity index (χ0) is 13.9. The van der Waals surface area contributed by atoms with Gasteiger partial charge in [0.25, 0.3) is 0 Å². The van der Waals surface area contributed by atoms with Crippen molar-refractivity contribution >= 4 is 0 Å². The minimum atomic E-state index is -0.335. The molecule has 0 radical (unpaired) electrons. The van der Waals surface area contributed by atoms with E-state index in [2.05, 4.69) is 41.0 Å². The number of pyridine rings is 1. The Labute approximate surface area is 112 Å². The van der Waals surface area contributed by atoms with Crippen LogP contribution >= 0.6 is 0 Å². The van der Waals surface area contributed by atoms with Gasteiger partial charge in [-0.05, 0) is 32.9 Å². The lowest BCUT2D eigenvalue weighted by Gasteiger charge is -2.19. The normalized spacial score (nSPS) is 11.8. The Hall–Kier alpha value is -1.75. The highest BCUT2D eigenvalue weighted by molar-refractivity contribution is 5.52. The number of H-pyrrole nitrogens is 1. The Balaban J connectivity index is 1.97. The van der Waals surface area contributed by atoms with Gasteiger partial charge in [0.1, 0.15) is 11.6 Å². The fourth-order valence-electron chi connectivity index (χ4n) is 1.71. The topological polar surface area (TPSA) is 53.6 Å². The first-order valence-electron chi connectivity index (χ1n) is 6.35. The van der Waals surface area contributed by atoms with E-state index in [0.717, 1.165) is 24.5 Å². The number of nitrogens with one attached hydrogen (secondary N) is 2. The molecule has 0 aromatic carbocycles. The molecule has 4 nitrogen and oxygen atoms in total. The zero-order valence-electron chi connectivity index (χ0n) is 11.5. The van der Waals surface area contributed by atoms with E-state index in [-0.39, 0.29) is 11.4 Å². The van der Waals surface area contributed by atoms with Gasteiger partial charge in [0, 0.05) is 18.5 Å². The molecular weight excluding hydrogens is 243 g/mol. The third-order valence-corrected chi connectivity index (χ3v) is 2.65. The molecule has 0 atom stereocenters. The van der Waals surface area contributed by atoms with Crippen LogP contribution in [0.3, 0.4) is 0 Å². The second-order valence-electron chi connectivity index (χ2n) is 5.53. The highest BCUT2D eigenvalue weighted by atomic mass is 19.1. The van der Waals surface area contributed by atoms with Crippen LogP contribution in [-0.4, -0.2) is 27.0 Å². The molecule has 0 aliphatic carbocycles. The van der Waals surface area contributed by atoms with Crippen LogP contribution in [0.2, 0.25) is 0 Å². The lowest BCUT2D eigenvalue weighted by atomic mass is 10.1. The van der Waals surface area contributed by atoms with Gasteiger partial charge < -0.3 is 10.3 Å². The standard InChI is InChI=1S/C14H19FN4/c1-14(2,3)18-7-6-13-17-9-12(19-13)11-5-4-10(15)8-16-11/h4-5,8-9,18H,6-7H2,1-3H3,(H,17,19). The van der Waals surface area contributed by atoms with Gasteiger partial charge in [-0.3, -0.25) is 4.98 Å². The zero-order valence-corrected chi connectivity index (χ0v) is 11.5. The molecule has 2 N–H and O–H groups in total. The summed E-state index contributed by atoms with van der Waals surface area (Å²) in [6.07, 6.45) is 3.75. The van der Waals surface area contributed by atoms with Gasteiger partial charge in [-0.25, -0.2) is 9.37 Å². The van der Waals surface area contributed by atoms with Crippen molar-refractivity contribution in [3.63, 3.8) is 0 Å². The van der Waals surface area contributed by atoms with Gasteiger partial charge in [0.05, 0.1) is 23.8 Å². The number of hydrogen-bond donors (Lipinski definition) is 2. The molecule has 2 aromatic heterocycles. The quantitative estimate of drug-likeness (QED) is 0.890. The average molecular weight is 262 g/mol. The molecule has 0 saturated heterocycles. The predicted octanol–water partition coefficient (Wildman–Crippen LogP) is 2.54. The second kappa shape index (κ2) is 5.48. The number of aromatic nitrogens is 3. The molecule has 0 bridgehead atoms. The SMILES string of the molecule is CC(C)(C)NCCc1ncc(-c2ccc(F)cn2)[nH]1. The maximum Gasteiger partial charge on any atom is 0.141 e. The smallest absolute Gasteiger partial charge is 0.141 e. The Kier molecular flexibility index (Phi) is 3.95. The first-order chi connectivity index (χ1) is 8.94. The van der Waals surface area contributed by atoms with Gasteiger partial charge >= 0.3 is 0 Å². The molecule has 0 unspecified atom stereocenters. The molecule has 2 heterocycles. The Bertz CT molecular complexity index is 525. The summed E-state index contributed by atoms with van der Waals surface area (Å²) in [6, 6.07) is 3.03. The van der Waals surface area contributed by atoms with Crippen LogP contribution in [0, 0.1) is 5.82 Å². The molecule has 0 aliphatic heterocycles. The third kappa shape index (κ3) is 4.13. The summed E-state index contributed by atoms with van der Waals surface area (Å²) in [5.74, 6) is 0.566. The average Bonchev–Trinajstić information content (AvgIpc) is 2.77. The van der Waals surface area contributed by atoms with E-state index < -0.39 is 0 Å². The molecule has 0 aliphatic rings. The van der Waals surface area contributed by atoms with E-state index in [4.69, 9.17) is 0 Å². The minimum absolute atomic E-state index is 0.105. The van der Waals surface area contributed by atoms with E-state index in [0.29, 0.717) is 5.69 Å². The van der Waals surface area contributed by atoms with E-state index in [1.807, 2.05) is 0 Å². The van der Waals surface area contributed by atoms with E-state index in [9.17, 15) is 4.39 Å². The molecule has 0 saturated carbocycles. The summed E-state index contributed by atoms with van der Waals surface area (Å²) in [4.78, 5) is 11.5. The number of imidazole rings is 1. The van der Waals surface area contributed by atoms with E-state index in [1.54, 1.807) is 12.3 Å². The van der Waals surface area contributed by atoms with Gasteiger partial charge in [-0.1, -0.05) is 0 Å². The van der Waals surface area contributed by atoms with Crippen molar-refractivity contribution in [3.8, 4) is 11.4 Å². The third-order valence-electron chi connectivity index (χ3n) is 2.65. The number of halogens is 1. The van der Waals surface area contributed by atoms with Gasteiger partial charge in [-0.2, -0.15) is 0 Å². The number of hydrogen-bond acceptors (Lipinski definition) is 3. The Morgan fingerprint density at radius 3 is 2.63 bits per heavy atom. The van der Waals surface area contributed by atoms with Crippen LogP contribution in [0.4, 0.5) is 4.39 Å². The van der Waals surface area contributed by atoms with Crippen LogP contribution in [0.1, 0.15) is 26.6 Å². The predicted molar refractivity (Wildman–Crippen MR) is 73.2 cm³/mol. The van der Waals surface area contributed by atoms with Crippen molar-refractivity contribution in [2.24, 2.45) is 0 Å². The minimum Gasteiger partial charge on any atom is -0.341 e. The molecular formula is C14H19FN4. The van der Waals surface area contributed by atoms with Gasteiger partial charge in [-0.15, -0.1) is 0 Å². The molecule has 102 valence electrons. The molecule has 19 heavy (non-hydrogen) atoms. The Morgan fingerprint density at radius 1 is 1.21 bits per heavy atom. The first kappa shape index (κ1) is 13.7. The Morgan fingerprint density at radius 2 is 2.00 bits per heavy atom. The number of aromatic amines is 1. The summed E-state index contributed by atoms with van der Waals surface area (Å²) >= 11 is 0. The molecule has 0 spiro atoms. The summed E-state index contributed by atoms with van der Waals surface area (Å²) in [5.41, 5.74) is 1.61. The molecule has 0 fully saturated rings. The van der Waals surface area contributed by atoms with Crippen molar-refractivity contribution in [2.75, 3.05) is 6.54 Å². The van der Waals surface area contributed by atoms with Crippen LogP contribution in [-0.2, 0) is 6.42 Å². The summed E-state index contributed by atoms with van der Waals surface area (Å²) < 4.78 is 12.8. The van der Waals surface area contributed by atoms with E-state index >= 15 is 0 Å². The van der Waals surface area contributed by atoms with Crippen LogP contribution in [0.25, 0.3) is 11.4 Å². The summed E-state index contributed by atoms with van der Waals surface area (Å²) in [7, 11) is 0. The highest BCUT2D eigenvalue weighted by Gasteiger charge is 2.09. The maximum absolute atomic E-state index is 12.8. The van der Waals surface area contributed by atoms with Gasteiger partial charge in [0.15, 0.2) is 0 Å². The van der Waals surface area contributed by atoms with Crippen molar-refractivity contribution in [1.82, 2.24) is 20.3 Å². The largest absolute Gasteiger partial charge is 0.341 e.